The third-order valence-corrected chi connectivity index (χ3v) is 6.54. The fourth-order valence-corrected chi connectivity index (χ4v) is 4.67. The minimum absolute atomic E-state index is 0.0119. The van der Waals surface area contributed by atoms with Crippen LogP contribution in [0.5, 0.6) is 0 Å². The molecule has 0 fully saturated rings. The van der Waals surface area contributed by atoms with Gasteiger partial charge in [0.15, 0.2) is 10.8 Å². The Labute approximate surface area is 194 Å². The van der Waals surface area contributed by atoms with Gasteiger partial charge < -0.3 is 9.88 Å². The van der Waals surface area contributed by atoms with Gasteiger partial charge in [-0.25, -0.2) is 9.97 Å². The third kappa shape index (κ3) is 4.13. The zero-order valence-corrected chi connectivity index (χ0v) is 18.8. The summed E-state index contributed by atoms with van der Waals surface area (Å²) in [5, 5.41) is 25.6. The van der Waals surface area contributed by atoms with Crippen molar-refractivity contribution in [2.45, 2.75) is 5.16 Å². The average Bonchev–Trinajstić information content (AvgIpc) is 3.41. The molecule has 0 saturated heterocycles. The van der Waals surface area contributed by atoms with Crippen LogP contribution < -0.4 is 5.32 Å². The van der Waals surface area contributed by atoms with Crippen LogP contribution in [-0.2, 0) is 11.8 Å². The zero-order chi connectivity index (χ0) is 22.9. The number of anilines is 1. The summed E-state index contributed by atoms with van der Waals surface area (Å²) in [4.78, 5) is 31.7. The lowest BCUT2D eigenvalue weighted by atomic mass is 10.1. The Balaban J connectivity index is 1.25. The number of aryl methyl sites for hydroxylation is 1. The van der Waals surface area contributed by atoms with Crippen molar-refractivity contribution in [1.82, 2.24) is 24.7 Å². The van der Waals surface area contributed by atoms with Crippen LogP contribution in [-0.4, -0.2) is 41.3 Å². The van der Waals surface area contributed by atoms with E-state index in [2.05, 4.69) is 25.5 Å². The number of thioether (sulfide) groups is 1. The van der Waals surface area contributed by atoms with Gasteiger partial charge >= 0.3 is 0 Å². The number of benzene rings is 2. The van der Waals surface area contributed by atoms with Crippen LogP contribution in [0, 0.1) is 10.1 Å². The zero-order valence-electron chi connectivity index (χ0n) is 17.1. The number of nitrogens with zero attached hydrogens (tertiary/aromatic N) is 6. The number of para-hydroxylation sites is 1. The fourth-order valence-electron chi connectivity index (χ4n) is 3.36. The summed E-state index contributed by atoms with van der Waals surface area (Å²) in [6.07, 6.45) is 0. The molecule has 2 aromatic carbocycles. The van der Waals surface area contributed by atoms with E-state index in [9.17, 15) is 14.9 Å². The van der Waals surface area contributed by atoms with Crippen molar-refractivity contribution >= 4 is 61.9 Å². The van der Waals surface area contributed by atoms with Crippen molar-refractivity contribution < 1.29 is 9.72 Å². The second-order valence-electron chi connectivity index (χ2n) is 7.02. The topological polar surface area (TPSA) is 129 Å². The molecule has 0 unspecified atom stereocenters. The van der Waals surface area contributed by atoms with Gasteiger partial charge in [-0.1, -0.05) is 30.0 Å². The van der Waals surface area contributed by atoms with Gasteiger partial charge in [0.05, 0.1) is 21.9 Å². The molecule has 1 amide bonds. The number of thiazole rings is 1. The lowest BCUT2D eigenvalue weighted by Gasteiger charge is -2.02. The molecule has 0 aliphatic rings. The minimum atomic E-state index is -0.453. The number of nitrogens with one attached hydrogen (secondary N) is 1. The molecular weight excluding hydrogens is 462 g/mol. The Hall–Kier alpha value is -3.90. The molecule has 10 nitrogen and oxygen atoms in total. The molecule has 0 saturated carbocycles. The standard InChI is InChI=1S/C21H15N7O3S2/c1-27-16-5-3-2-4-14(16)18-19(27)24-21(26-25-18)33-11-17(29)23-20-22-15(10-32-20)12-6-8-13(9-7-12)28(30)31/h2-10H,11H2,1H3,(H,22,23,29). The Morgan fingerprint density at radius 3 is 2.73 bits per heavy atom. The van der Waals surface area contributed by atoms with Gasteiger partial charge in [0, 0.05) is 35.5 Å². The number of hydrogen-bond acceptors (Lipinski definition) is 9. The van der Waals surface area contributed by atoms with Crippen molar-refractivity contribution in [2.75, 3.05) is 11.1 Å². The van der Waals surface area contributed by atoms with E-state index in [4.69, 9.17) is 0 Å². The normalized spacial score (nSPS) is 11.2. The second kappa shape index (κ2) is 8.56. The molecule has 0 spiro atoms. The predicted octanol–water partition coefficient (Wildman–Crippen LogP) is 4.28. The Morgan fingerprint density at radius 1 is 1.15 bits per heavy atom. The highest BCUT2D eigenvalue weighted by Crippen LogP contribution is 2.28. The van der Waals surface area contributed by atoms with Crippen LogP contribution >= 0.6 is 23.1 Å². The van der Waals surface area contributed by atoms with Gasteiger partial charge in [-0.3, -0.25) is 14.9 Å². The van der Waals surface area contributed by atoms with Crippen LogP contribution in [0.15, 0.2) is 59.1 Å². The third-order valence-electron chi connectivity index (χ3n) is 4.94. The van der Waals surface area contributed by atoms with Crippen molar-refractivity contribution in [3.05, 3.63) is 64.0 Å². The number of nitro benzene ring substituents is 1. The molecule has 5 aromatic rings. The first-order valence-electron chi connectivity index (χ1n) is 9.70. The van der Waals surface area contributed by atoms with E-state index in [1.165, 1.54) is 35.2 Å². The average molecular weight is 478 g/mol. The quantitative estimate of drug-likeness (QED) is 0.218. The Morgan fingerprint density at radius 2 is 1.94 bits per heavy atom. The first kappa shape index (κ1) is 21.0. The van der Waals surface area contributed by atoms with E-state index in [1.807, 2.05) is 35.9 Å². The first-order chi connectivity index (χ1) is 16.0. The summed E-state index contributed by atoms with van der Waals surface area (Å²) < 4.78 is 1.96. The van der Waals surface area contributed by atoms with Crippen LogP contribution in [0.4, 0.5) is 10.8 Å². The number of carbonyl (C=O) groups excluding carboxylic acids is 1. The molecule has 0 bridgehead atoms. The molecule has 3 heterocycles. The number of non-ortho nitro benzene ring substituents is 1. The Bertz CT molecular complexity index is 1510. The molecule has 164 valence electrons. The van der Waals surface area contributed by atoms with E-state index in [0.29, 0.717) is 21.6 Å². The van der Waals surface area contributed by atoms with E-state index in [0.717, 1.165) is 22.0 Å². The SMILES string of the molecule is Cn1c2ccccc2c2nnc(SCC(=O)Nc3nc(-c4ccc([N+](=O)[O-])cc4)cs3)nc21. The molecule has 0 aliphatic carbocycles. The Kier molecular flexibility index (Phi) is 5.44. The highest BCUT2D eigenvalue weighted by molar-refractivity contribution is 7.99. The maximum Gasteiger partial charge on any atom is 0.269 e. The number of amides is 1. The molecule has 0 aliphatic heterocycles. The van der Waals surface area contributed by atoms with Crippen molar-refractivity contribution in [3.8, 4) is 11.3 Å². The highest BCUT2D eigenvalue weighted by atomic mass is 32.2. The van der Waals surface area contributed by atoms with E-state index >= 15 is 0 Å². The summed E-state index contributed by atoms with van der Waals surface area (Å²) in [5.74, 6) is -0.144. The monoisotopic (exact) mass is 477 g/mol. The number of rotatable bonds is 6. The summed E-state index contributed by atoms with van der Waals surface area (Å²) in [6, 6.07) is 14.0. The van der Waals surface area contributed by atoms with Gasteiger partial charge in [0.2, 0.25) is 11.1 Å². The predicted molar refractivity (Wildman–Crippen MR) is 127 cm³/mol. The molecule has 12 heteroatoms. The van der Waals surface area contributed by atoms with Gasteiger partial charge in [-0.15, -0.1) is 21.5 Å². The van der Waals surface area contributed by atoms with Crippen LogP contribution in [0.25, 0.3) is 33.3 Å². The van der Waals surface area contributed by atoms with Gasteiger partial charge in [0.1, 0.15) is 5.52 Å². The summed E-state index contributed by atoms with van der Waals surface area (Å²) >= 11 is 2.47. The number of hydrogen-bond donors (Lipinski definition) is 1. The van der Waals surface area contributed by atoms with Crippen LogP contribution in [0.3, 0.4) is 0 Å². The highest BCUT2D eigenvalue weighted by Gasteiger charge is 2.14. The van der Waals surface area contributed by atoms with Crippen molar-refractivity contribution in [2.24, 2.45) is 7.05 Å². The maximum absolute atomic E-state index is 12.4. The van der Waals surface area contributed by atoms with Crippen LogP contribution in [0.1, 0.15) is 0 Å². The molecule has 0 radical (unpaired) electrons. The summed E-state index contributed by atoms with van der Waals surface area (Å²) in [6.45, 7) is 0. The lowest BCUT2D eigenvalue weighted by Crippen LogP contribution is -2.14. The second-order valence-corrected chi connectivity index (χ2v) is 8.82. The van der Waals surface area contributed by atoms with Crippen molar-refractivity contribution in [1.29, 1.82) is 0 Å². The smallest absolute Gasteiger partial charge is 0.269 e. The number of nitro groups is 1. The first-order valence-corrected chi connectivity index (χ1v) is 11.6. The van der Waals surface area contributed by atoms with Gasteiger partial charge in [-0.2, -0.15) is 0 Å². The minimum Gasteiger partial charge on any atom is -0.327 e. The summed E-state index contributed by atoms with van der Waals surface area (Å²) in [7, 11) is 1.92. The molecule has 3 aromatic heterocycles. The van der Waals surface area contributed by atoms with E-state index in [1.54, 1.807) is 17.5 Å². The molecule has 1 N–H and O–H groups in total. The van der Waals surface area contributed by atoms with Crippen molar-refractivity contribution in [3.63, 3.8) is 0 Å². The largest absolute Gasteiger partial charge is 0.327 e. The van der Waals surface area contributed by atoms with E-state index < -0.39 is 4.92 Å². The molecule has 5 rings (SSSR count). The fraction of sp³-hybridized carbons (Fsp3) is 0.0952. The van der Waals surface area contributed by atoms with Crippen LogP contribution in [0.2, 0.25) is 0 Å². The number of aromatic nitrogens is 5. The molecule has 33 heavy (non-hydrogen) atoms. The molecule has 0 atom stereocenters. The van der Waals surface area contributed by atoms with Gasteiger partial charge in [0.25, 0.3) is 5.69 Å². The summed E-state index contributed by atoms with van der Waals surface area (Å²) in [5.41, 5.74) is 3.82. The lowest BCUT2D eigenvalue weighted by molar-refractivity contribution is -0.384. The maximum atomic E-state index is 12.4. The van der Waals surface area contributed by atoms with Gasteiger partial charge in [-0.05, 0) is 18.2 Å². The van der Waals surface area contributed by atoms with E-state index in [-0.39, 0.29) is 17.3 Å². The number of carbonyl (C=O) groups is 1. The molecular formula is C21H15N7O3S2. The number of fused-ring (bicyclic) bond motifs is 3.